The van der Waals surface area contributed by atoms with Crippen molar-refractivity contribution < 1.29 is 27.8 Å². The Hall–Kier alpha value is -3.16. The van der Waals surface area contributed by atoms with E-state index in [9.17, 15) is 18.6 Å². The number of halogens is 1. The van der Waals surface area contributed by atoms with E-state index in [1.54, 1.807) is 17.9 Å². The summed E-state index contributed by atoms with van der Waals surface area (Å²) in [4.78, 5) is 28.6. The second-order valence-electron chi connectivity index (χ2n) is 7.62. The molecule has 3 N–H and O–H groups in total. The van der Waals surface area contributed by atoms with Crippen LogP contribution in [0.15, 0.2) is 40.9 Å². The zero-order valence-corrected chi connectivity index (χ0v) is 18.6. The van der Waals surface area contributed by atoms with E-state index in [1.165, 1.54) is 18.3 Å². The Morgan fingerprint density at radius 3 is 2.78 bits per heavy atom. The largest absolute Gasteiger partial charge is 0.491 e. The van der Waals surface area contributed by atoms with Crippen molar-refractivity contribution in [2.45, 2.75) is 19.9 Å². The van der Waals surface area contributed by atoms with Crippen molar-refractivity contribution in [1.82, 2.24) is 9.88 Å². The number of amides is 1. The van der Waals surface area contributed by atoms with Crippen LogP contribution in [0.2, 0.25) is 0 Å². The van der Waals surface area contributed by atoms with Gasteiger partial charge < -0.3 is 24.7 Å². The van der Waals surface area contributed by atoms with E-state index in [0.29, 0.717) is 18.1 Å². The Balaban J connectivity index is 1.68. The highest BCUT2D eigenvalue weighted by Crippen LogP contribution is 2.37. The van der Waals surface area contributed by atoms with Crippen LogP contribution in [0.25, 0.3) is 11.3 Å². The van der Waals surface area contributed by atoms with Gasteiger partial charge in [-0.3, -0.25) is 9.36 Å². The molecule has 0 saturated heterocycles. The molecule has 0 fully saturated rings. The van der Waals surface area contributed by atoms with E-state index in [4.69, 9.17) is 14.9 Å². The van der Waals surface area contributed by atoms with Crippen molar-refractivity contribution in [2.24, 2.45) is 0 Å². The van der Waals surface area contributed by atoms with Gasteiger partial charge in [-0.2, -0.15) is 0 Å². The Kier molecular flexibility index (Phi) is 5.79. The fourth-order valence-electron chi connectivity index (χ4n) is 3.79. The lowest BCUT2D eigenvalue weighted by atomic mass is 10.0. The molecule has 0 saturated carbocycles. The molecule has 0 aliphatic carbocycles. The lowest BCUT2D eigenvalue weighted by Gasteiger charge is -2.22. The molecular formula is C22H23FN3O5P. The van der Waals surface area contributed by atoms with Crippen LogP contribution in [-0.2, 0) is 17.5 Å². The number of carbonyl (C=O) groups is 1. The molecule has 1 aliphatic rings. The molecule has 1 aromatic heterocycles. The van der Waals surface area contributed by atoms with E-state index in [1.807, 2.05) is 12.1 Å². The van der Waals surface area contributed by atoms with E-state index in [-0.39, 0.29) is 47.9 Å². The zero-order valence-electron chi connectivity index (χ0n) is 17.7. The van der Waals surface area contributed by atoms with Gasteiger partial charge >= 0.3 is 0 Å². The number of ether oxygens (including phenoxy) is 1. The first-order valence-corrected chi connectivity index (χ1v) is 12.2. The van der Waals surface area contributed by atoms with Crippen LogP contribution < -0.4 is 15.8 Å². The molecule has 1 atom stereocenters. The Morgan fingerprint density at radius 2 is 2.12 bits per heavy atom. The zero-order chi connectivity index (χ0) is 23.0. The number of nitrogen functional groups attached to an aromatic ring is 1. The molecule has 0 bridgehead atoms. The fraction of sp³-hybridized carbons (Fsp3) is 0.273. The molecule has 8 nitrogen and oxygen atoms in total. The summed E-state index contributed by atoms with van der Waals surface area (Å²) >= 11 is 0. The number of oxazole rings is 1. The van der Waals surface area contributed by atoms with Crippen molar-refractivity contribution in [1.29, 1.82) is 0 Å². The predicted octanol–water partition coefficient (Wildman–Crippen LogP) is 3.19. The number of hydrogen-bond acceptors (Lipinski definition) is 6. The second kappa shape index (κ2) is 8.41. The molecule has 0 radical (unpaired) electrons. The Morgan fingerprint density at radius 1 is 1.34 bits per heavy atom. The highest BCUT2D eigenvalue weighted by Gasteiger charge is 2.28. The van der Waals surface area contributed by atoms with Gasteiger partial charge in [0, 0.05) is 35.5 Å². The summed E-state index contributed by atoms with van der Waals surface area (Å²) in [5, 5.41) is -0.272. The van der Waals surface area contributed by atoms with Gasteiger partial charge in [0.05, 0.1) is 18.0 Å². The number of anilines is 1. The lowest BCUT2D eigenvalue weighted by Crippen LogP contribution is -2.33. The molecule has 168 valence electrons. The maximum Gasteiger partial charge on any atom is 0.292 e. The maximum atomic E-state index is 15.0. The van der Waals surface area contributed by atoms with E-state index >= 15 is 0 Å². The first-order valence-electron chi connectivity index (χ1n) is 10.1. The number of carbonyl (C=O) groups excluding carboxylic acids is 1. The second-order valence-corrected chi connectivity index (χ2v) is 9.86. The molecule has 4 rings (SSSR count). The quantitative estimate of drug-likeness (QED) is 0.575. The van der Waals surface area contributed by atoms with Crippen LogP contribution in [0.5, 0.6) is 5.75 Å². The van der Waals surface area contributed by atoms with E-state index in [2.05, 4.69) is 4.98 Å². The summed E-state index contributed by atoms with van der Waals surface area (Å²) in [5.74, 6) is -0.0439. The standard InChI is InChI=1S/C22H23FN3O5P/c1-3-15-16(5-7-19(20(15)23)32(2,28)29)21(27)26-8-9-30-17-6-4-13(10-14(17)12-26)18-11-25-22(24)31-18/h4-7,10-11H,3,8-9,12H2,1-2H3,(H2,24,25)(H,28,29). The topological polar surface area (TPSA) is 119 Å². The van der Waals surface area contributed by atoms with Crippen LogP contribution in [0.1, 0.15) is 28.4 Å². The monoisotopic (exact) mass is 459 g/mol. The van der Waals surface area contributed by atoms with Gasteiger partial charge in [0.1, 0.15) is 18.2 Å². The van der Waals surface area contributed by atoms with Gasteiger partial charge in [-0.25, -0.2) is 9.37 Å². The number of hydrogen-bond donors (Lipinski definition) is 2. The minimum atomic E-state index is -3.80. The Bertz CT molecular complexity index is 1240. The van der Waals surface area contributed by atoms with Gasteiger partial charge in [0.15, 0.2) is 5.76 Å². The number of aromatic nitrogens is 1. The van der Waals surface area contributed by atoms with Crippen molar-refractivity contribution in [3.63, 3.8) is 0 Å². The summed E-state index contributed by atoms with van der Waals surface area (Å²) in [6.07, 6.45) is 1.72. The highest BCUT2D eigenvalue weighted by molar-refractivity contribution is 7.65. The minimum Gasteiger partial charge on any atom is -0.491 e. The third-order valence-corrected chi connectivity index (χ3v) is 6.63. The number of nitrogens with zero attached hydrogens (tertiary/aromatic N) is 2. The van der Waals surface area contributed by atoms with Crippen LogP contribution >= 0.6 is 7.37 Å². The number of rotatable bonds is 4. The third kappa shape index (κ3) is 4.13. The summed E-state index contributed by atoms with van der Waals surface area (Å²) in [7, 11) is -3.80. The summed E-state index contributed by atoms with van der Waals surface area (Å²) in [5.41, 5.74) is 7.35. The van der Waals surface area contributed by atoms with Gasteiger partial charge in [-0.1, -0.05) is 6.92 Å². The van der Waals surface area contributed by atoms with Crippen molar-refractivity contribution in [3.8, 4) is 17.1 Å². The average Bonchev–Trinajstić information content (AvgIpc) is 3.06. The number of fused-ring (bicyclic) bond motifs is 1. The number of benzene rings is 2. The molecule has 32 heavy (non-hydrogen) atoms. The minimum absolute atomic E-state index is 0.0556. The van der Waals surface area contributed by atoms with E-state index in [0.717, 1.165) is 17.8 Å². The van der Waals surface area contributed by atoms with Gasteiger partial charge in [0.25, 0.3) is 11.9 Å². The SMILES string of the molecule is CCc1c(C(=O)N2CCOc3ccc(-c4cnc(N)o4)cc3C2)ccc(P(C)(=O)O)c1F. The van der Waals surface area contributed by atoms with Crippen LogP contribution in [0, 0.1) is 5.82 Å². The molecule has 10 heteroatoms. The third-order valence-electron chi connectivity index (χ3n) is 5.39. The first-order chi connectivity index (χ1) is 15.2. The van der Waals surface area contributed by atoms with Gasteiger partial charge in [-0.05, 0) is 36.8 Å². The van der Waals surface area contributed by atoms with Crippen LogP contribution in [-0.4, -0.2) is 40.5 Å². The molecule has 2 heterocycles. The predicted molar refractivity (Wildman–Crippen MR) is 118 cm³/mol. The van der Waals surface area contributed by atoms with E-state index < -0.39 is 13.2 Å². The normalized spacial score (nSPS) is 15.4. The maximum absolute atomic E-state index is 15.0. The molecule has 2 aromatic carbocycles. The Labute approximate surface area is 184 Å². The van der Waals surface area contributed by atoms with Gasteiger partial charge in [0.2, 0.25) is 7.37 Å². The van der Waals surface area contributed by atoms with Gasteiger partial charge in [-0.15, -0.1) is 0 Å². The average molecular weight is 459 g/mol. The van der Waals surface area contributed by atoms with Crippen molar-refractivity contribution in [2.75, 3.05) is 25.6 Å². The molecule has 3 aromatic rings. The molecule has 1 aliphatic heterocycles. The lowest BCUT2D eigenvalue weighted by molar-refractivity contribution is 0.0731. The van der Waals surface area contributed by atoms with Crippen LogP contribution in [0.3, 0.4) is 0 Å². The van der Waals surface area contributed by atoms with Crippen molar-refractivity contribution >= 4 is 24.6 Å². The summed E-state index contributed by atoms with van der Waals surface area (Å²) in [6, 6.07) is 8.15. The fourth-order valence-corrected chi connectivity index (χ4v) is 4.64. The summed E-state index contributed by atoms with van der Waals surface area (Å²) < 4.78 is 38.1. The summed E-state index contributed by atoms with van der Waals surface area (Å²) in [6.45, 7) is 3.60. The smallest absolute Gasteiger partial charge is 0.292 e. The van der Waals surface area contributed by atoms with Crippen molar-refractivity contribution in [3.05, 3.63) is 59.0 Å². The highest BCUT2D eigenvalue weighted by atomic mass is 31.2. The molecular weight excluding hydrogens is 436 g/mol. The molecule has 0 spiro atoms. The number of nitrogens with two attached hydrogens (primary N) is 1. The molecule has 1 amide bonds. The molecule has 1 unspecified atom stereocenters. The first kappa shape index (κ1) is 22.0. The van der Waals surface area contributed by atoms with Crippen LogP contribution in [0.4, 0.5) is 10.4 Å².